The molecule has 0 bridgehead atoms. The average Bonchev–Trinajstić information content (AvgIpc) is 2.51. The summed E-state index contributed by atoms with van der Waals surface area (Å²) in [5, 5.41) is 4.87. The van der Waals surface area contributed by atoms with Crippen LogP contribution in [-0.4, -0.2) is 14.8 Å². The van der Waals surface area contributed by atoms with Crippen molar-refractivity contribution >= 4 is 27.5 Å². The number of hydrogen-bond donors (Lipinski definition) is 0. The molecule has 6 heteroatoms. The van der Waals surface area contributed by atoms with E-state index in [1.54, 1.807) is 17.1 Å². The van der Waals surface area contributed by atoms with Crippen molar-refractivity contribution in [2.24, 2.45) is 7.05 Å². The van der Waals surface area contributed by atoms with Crippen LogP contribution in [-0.2, 0) is 13.7 Å². The summed E-state index contributed by atoms with van der Waals surface area (Å²) in [5.74, 6) is 0.689. The molecule has 2 heterocycles. The number of rotatable bonds is 3. The topological polar surface area (TPSA) is 39.9 Å². The van der Waals surface area contributed by atoms with Gasteiger partial charge in [0, 0.05) is 17.7 Å². The maximum atomic E-state index is 6.12. The summed E-state index contributed by atoms with van der Waals surface area (Å²) < 4.78 is 8.21. The Morgan fingerprint density at radius 2 is 2.24 bits per heavy atom. The molecule has 0 N–H and O–H groups in total. The number of nitrogens with zero attached hydrogens (tertiary/aromatic N) is 3. The summed E-state index contributed by atoms with van der Waals surface area (Å²) in [5.41, 5.74) is 1.66. The molecule has 0 atom stereocenters. The minimum atomic E-state index is 0.369. The van der Waals surface area contributed by atoms with Crippen LogP contribution in [0.25, 0.3) is 0 Å². The van der Waals surface area contributed by atoms with Gasteiger partial charge in [0.2, 0.25) is 0 Å². The molecule has 0 radical (unpaired) electrons. The van der Waals surface area contributed by atoms with E-state index >= 15 is 0 Å². The predicted octanol–water partition coefficient (Wildman–Crippen LogP) is 3.12. The maximum absolute atomic E-state index is 6.12. The summed E-state index contributed by atoms with van der Waals surface area (Å²) in [7, 11) is 1.84. The van der Waals surface area contributed by atoms with Crippen LogP contribution in [0.2, 0.25) is 5.02 Å². The molecule has 2 aromatic heterocycles. The Morgan fingerprint density at radius 3 is 2.82 bits per heavy atom. The number of aromatic nitrogens is 3. The largest absolute Gasteiger partial charge is 0.486 e. The molecule has 0 aliphatic heterocycles. The fraction of sp³-hybridized carbons (Fsp3) is 0.273. The van der Waals surface area contributed by atoms with E-state index in [1.165, 1.54) is 0 Å². The van der Waals surface area contributed by atoms with Crippen LogP contribution < -0.4 is 4.74 Å². The monoisotopic (exact) mass is 315 g/mol. The Bertz CT molecular complexity index is 542. The van der Waals surface area contributed by atoms with Crippen LogP contribution in [0.4, 0.5) is 0 Å². The van der Waals surface area contributed by atoms with Crippen molar-refractivity contribution in [1.82, 2.24) is 14.8 Å². The van der Waals surface area contributed by atoms with Gasteiger partial charge >= 0.3 is 0 Å². The van der Waals surface area contributed by atoms with E-state index in [9.17, 15) is 0 Å². The SMILES string of the molecule is Cc1nn(C)c(COc2cncc(Br)c2)c1Cl. The smallest absolute Gasteiger partial charge is 0.139 e. The van der Waals surface area contributed by atoms with Gasteiger partial charge in [0.1, 0.15) is 12.4 Å². The van der Waals surface area contributed by atoms with E-state index in [4.69, 9.17) is 16.3 Å². The number of halogens is 2. The molecule has 90 valence electrons. The van der Waals surface area contributed by atoms with Crippen molar-refractivity contribution in [1.29, 1.82) is 0 Å². The van der Waals surface area contributed by atoms with E-state index in [-0.39, 0.29) is 0 Å². The van der Waals surface area contributed by atoms with E-state index < -0.39 is 0 Å². The molecule has 0 aliphatic rings. The van der Waals surface area contributed by atoms with Crippen molar-refractivity contribution in [3.8, 4) is 5.75 Å². The van der Waals surface area contributed by atoms with E-state index in [0.717, 1.165) is 15.9 Å². The molecule has 0 unspecified atom stereocenters. The zero-order chi connectivity index (χ0) is 12.4. The quantitative estimate of drug-likeness (QED) is 0.873. The van der Waals surface area contributed by atoms with Crippen LogP contribution in [0.5, 0.6) is 5.75 Å². The molecule has 17 heavy (non-hydrogen) atoms. The fourth-order valence-corrected chi connectivity index (χ4v) is 2.02. The van der Waals surface area contributed by atoms with Gasteiger partial charge in [-0.3, -0.25) is 9.67 Å². The standard InChI is InChI=1S/C11H11BrClN3O/c1-7-11(13)10(16(2)15-7)6-17-9-3-8(12)4-14-5-9/h3-5H,6H2,1-2H3. The number of pyridine rings is 1. The van der Waals surface area contributed by atoms with Gasteiger partial charge in [-0.15, -0.1) is 0 Å². The highest BCUT2D eigenvalue weighted by Crippen LogP contribution is 2.22. The normalized spacial score (nSPS) is 10.6. The van der Waals surface area contributed by atoms with Crippen molar-refractivity contribution in [2.45, 2.75) is 13.5 Å². The van der Waals surface area contributed by atoms with Gasteiger partial charge in [-0.2, -0.15) is 5.10 Å². The lowest BCUT2D eigenvalue weighted by Crippen LogP contribution is -2.03. The van der Waals surface area contributed by atoms with Crippen molar-refractivity contribution in [3.05, 3.63) is 39.3 Å². The lowest BCUT2D eigenvalue weighted by Gasteiger charge is -2.06. The molecule has 0 saturated heterocycles. The van der Waals surface area contributed by atoms with Crippen molar-refractivity contribution < 1.29 is 4.74 Å². The van der Waals surface area contributed by atoms with E-state index in [1.807, 2.05) is 20.0 Å². The summed E-state index contributed by atoms with van der Waals surface area (Å²) in [6.45, 7) is 2.24. The molecule has 0 aliphatic carbocycles. The molecule has 2 rings (SSSR count). The van der Waals surface area contributed by atoms with Crippen LogP contribution >= 0.6 is 27.5 Å². The lowest BCUT2D eigenvalue weighted by atomic mass is 10.4. The molecular weight excluding hydrogens is 305 g/mol. The highest BCUT2D eigenvalue weighted by Gasteiger charge is 2.11. The first-order valence-electron chi connectivity index (χ1n) is 4.99. The van der Waals surface area contributed by atoms with Gasteiger partial charge in [-0.05, 0) is 28.9 Å². The molecule has 0 saturated carbocycles. The predicted molar refractivity (Wildman–Crippen MR) is 69.2 cm³/mol. The Morgan fingerprint density at radius 1 is 1.47 bits per heavy atom. The van der Waals surface area contributed by atoms with Crippen LogP contribution in [0, 0.1) is 6.92 Å². The second-order valence-corrected chi connectivity index (χ2v) is 4.89. The van der Waals surface area contributed by atoms with Gasteiger partial charge in [0.15, 0.2) is 0 Å². The number of aryl methyl sites for hydroxylation is 2. The summed E-state index contributed by atoms with van der Waals surface area (Å²) in [4.78, 5) is 4.02. The summed E-state index contributed by atoms with van der Waals surface area (Å²) in [6.07, 6.45) is 3.36. The first-order chi connectivity index (χ1) is 8.08. The zero-order valence-electron chi connectivity index (χ0n) is 9.44. The minimum absolute atomic E-state index is 0.369. The lowest BCUT2D eigenvalue weighted by molar-refractivity contribution is 0.293. The molecule has 0 aromatic carbocycles. The van der Waals surface area contributed by atoms with Gasteiger partial charge < -0.3 is 4.74 Å². The first kappa shape index (κ1) is 12.4. The summed E-state index contributed by atoms with van der Waals surface area (Å²) in [6, 6.07) is 1.85. The fourth-order valence-electron chi connectivity index (χ4n) is 1.46. The van der Waals surface area contributed by atoms with Crippen LogP contribution in [0.3, 0.4) is 0 Å². The second kappa shape index (κ2) is 5.06. The van der Waals surface area contributed by atoms with Crippen LogP contribution in [0.1, 0.15) is 11.4 Å². The summed E-state index contributed by atoms with van der Waals surface area (Å²) >= 11 is 9.46. The zero-order valence-corrected chi connectivity index (χ0v) is 11.8. The Hall–Kier alpha value is -1.07. The van der Waals surface area contributed by atoms with Gasteiger partial charge in [-0.25, -0.2) is 0 Å². The first-order valence-corrected chi connectivity index (χ1v) is 6.16. The third-order valence-electron chi connectivity index (χ3n) is 2.32. The van der Waals surface area contributed by atoms with E-state index in [0.29, 0.717) is 17.4 Å². The highest BCUT2D eigenvalue weighted by atomic mass is 79.9. The highest BCUT2D eigenvalue weighted by molar-refractivity contribution is 9.10. The average molecular weight is 317 g/mol. The van der Waals surface area contributed by atoms with Crippen LogP contribution in [0.15, 0.2) is 22.9 Å². The maximum Gasteiger partial charge on any atom is 0.139 e. The van der Waals surface area contributed by atoms with E-state index in [2.05, 4.69) is 26.0 Å². The minimum Gasteiger partial charge on any atom is -0.486 e. The third kappa shape index (κ3) is 2.79. The Balaban J connectivity index is 2.12. The van der Waals surface area contributed by atoms with Gasteiger partial charge in [-0.1, -0.05) is 11.6 Å². The molecule has 2 aromatic rings. The Labute approximate surface area is 113 Å². The number of ether oxygens (including phenoxy) is 1. The molecular formula is C11H11BrClN3O. The van der Waals surface area contributed by atoms with Gasteiger partial charge in [0.05, 0.1) is 22.6 Å². The van der Waals surface area contributed by atoms with Gasteiger partial charge in [0.25, 0.3) is 0 Å². The third-order valence-corrected chi connectivity index (χ3v) is 3.24. The van der Waals surface area contributed by atoms with Crippen molar-refractivity contribution in [2.75, 3.05) is 0 Å². The molecule has 0 amide bonds. The Kier molecular flexibility index (Phi) is 3.69. The molecule has 4 nitrogen and oxygen atoms in total. The molecule has 0 spiro atoms. The second-order valence-electron chi connectivity index (χ2n) is 3.60. The number of hydrogen-bond acceptors (Lipinski definition) is 3. The van der Waals surface area contributed by atoms with Crippen molar-refractivity contribution in [3.63, 3.8) is 0 Å². The molecule has 0 fully saturated rings.